The van der Waals surface area contributed by atoms with Crippen LogP contribution in [0.3, 0.4) is 0 Å². The Morgan fingerprint density at radius 1 is 1.57 bits per heavy atom. The quantitative estimate of drug-likeness (QED) is 0.628. The van der Waals surface area contributed by atoms with Gasteiger partial charge in [-0.3, -0.25) is 9.36 Å². The summed E-state index contributed by atoms with van der Waals surface area (Å²) in [6.45, 7) is 4.87. The number of carbonyl (C=O) groups excluding carboxylic acids is 1. The lowest BCUT2D eigenvalue weighted by molar-refractivity contribution is -0.148. The highest BCUT2D eigenvalue weighted by Gasteiger charge is 2.10. The summed E-state index contributed by atoms with van der Waals surface area (Å²) < 4.78 is 14.3. The normalized spacial score (nSPS) is 12.4. The molecule has 0 aromatic heterocycles. The Morgan fingerprint density at radius 2 is 1.93 bits per heavy atom. The molecule has 0 bridgehead atoms. The molecule has 0 radical (unpaired) electrons. The Kier molecular flexibility index (Phi) is 10.2. The monoisotopic (exact) mass is 264 g/mol. The van der Waals surface area contributed by atoms with E-state index in [1.165, 1.54) is 6.66 Å². The van der Waals surface area contributed by atoms with E-state index in [9.17, 15) is 9.36 Å². The van der Waals surface area contributed by atoms with E-state index >= 15 is 0 Å². The minimum absolute atomic E-state index is 0.140. The largest absolute Gasteiger partial charge is 0.466 e. The van der Waals surface area contributed by atoms with Crippen LogP contribution in [-0.2, 0) is 14.1 Å². The molecule has 86 valence electrons. The lowest BCUT2D eigenvalue weighted by Gasteiger charge is -2.05. The molecular weight excluding hydrogens is 250 g/mol. The first kappa shape index (κ1) is 16.7. The molecule has 0 fully saturated rings. The summed E-state index contributed by atoms with van der Waals surface area (Å²) in [7, 11) is 0. The summed E-state index contributed by atoms with van der Waals surface area (Å²) in [6.07, 6.45) is 0. The van der Waals surface area contributed by atoms with Gasteiger partial charge in [0.05, 0.1) is 19.1 Å². The van der Waals surface area contributed by atoms with Crippen molar-refractivity contribution in [2.24, 2.45) is 5.92 Å². The molecular formula is C7H15Cl2O4P. The number of aliphatic hydroxyl groups excluding tert-OH is 1. The van der Waals surface area contributed by atoms with Gasteiger partial charge in [0.2, 0.25) is 5.85 Å². The van der Waals surface area contributed by atoms with Crippen molar-refractivity contribution in [3.63, 3.8) is 0 Å². The molecule has 0 aromatic rings. The van der Waals surface area contributed by atoms with Crippen molar-refractivity contribution in [3.8, 4) is 0 Å². The van der Waals surface area contributed by atoms with Crippen molar-refractivity contribution in [2.45, 2.75) is 13.8 Å². The summed E-state index contributed by atoms with van der Waals surface area (Å²) in [5, 5.41) is 8.43. The Bertz CT molecular complexity index is 196. The fraction of sp³-hybridized carbons (Fsp3) is 0.857. The molecule has 0 spiro atoms. The van der Waals surface area contributed by atoms with Crippen molar-refractivity contribution in [1.82, 2.24) is 0 Å². The second kappa shape index (κ2) is 8.54. The number of esters is 1. The maximum absolute atomic E-state index is 10.6. The highest BCUT2D eigenvalue weighted by atomic mass is 35.9. The molecule has 1 N–H and O–H groups in total. The third kappa shape index (κ3) is 18.1. The van der Waals surface area contributed by atoms with Gasteiger partial charge in [-0.25, -0.2) is 0 Å². The van der Waals surface area contributed by atoms with E-state index in [0.29, 0.717) is 6.61 Å². The summed E-state index contributed by atoms with van der Waals surface area (Å²) in [4.78, 5) is 10.6. The van der Waals surface area contributed by atoms with Gasteiger partial charge >= 0.3 is 5.97 Å². The maximum atomic E-state index is 10.6. The summed E-state index contributed by atoms with van der Waals surface area (Å²) in [5.41, 5.74) is 0. The highest BCUT2D eigenvalue weighted by molar-refractivity contribution is 8.08. The number of hydrogen-bond donors (Lipinski definition) is 1. The first-order valence-corrected chi connectivity index (χ1v) is 7.93. The van der Waals surface area contributed by atoms with E-state index < -0.39 is 5.85 Å². The third-order valence-corrected chi connectivity index (χ3v) is 0.963. The van der Waals surface area contributed by atoms with Gasteiger partial charge in [-0.2, -0.15) is 0 Å². The van der Waals surface area contributed by atoms with E-state index in [1.807, 2.05) is 0 Å². The fourth-order valence-corrected chi connectivity index (χ4v) is 0.359. The standard InChI is InChI=1S/C6H12O3.CH3Cl2OP/c1-3-9-6(8)5(2)4-7;1-5(2,3)4/h5,7H,3-4H2,1-2H3;1H3. The van der Waals surface area contributed by atoms with Crippen LogP contribution in [0.5, 0.6) is 0 Å². The molecule has 0 saturated carbocycles. The van der Waals surface area contributed by atoms with E-state index in [0.717, 1.165) is 0 Å². The van der Waals surface area contributed by atoms with Gasteiger partial charge in [-0.05, 0) is 36.3 Å². The van der Waals surface area contributed by atoms with Gasteiger partial charge in [0.15, 0.2) is 0 Å². The first-order chi connectivity index (χ1) is 6.22. The van der Waals surface area contributed by atoms with E-state index in [-0.39, 0.29) is 18.5 Å². The molecule has 1 atom stereocenters. The smallest absolute Gasteiger partial charge is 0.310 e. The number of rotatable bonds is 3. The van der Waals surface area contributed by atoms with Crippen molar-refractivity contribution < 1.29 is 19.2 Å². The van der Waals surface area contributed by atoms with Gasteiger partial charge in [0.1, 0.15) is 0 Å². The summed E-state index contributed by atoms with van der Waals surface area (Å²) >= 11 is 9.70. The lowest BCUT2D eigenvalue weighted by Crippen LogP contribution is -2.17. The lowest BCUT2D eigenvalue weighted by atomic mass is 10.2. The van der Waals surface area contributed by atoms with Crippen LogP contribution in [0.1, 0.15) is 13.8 Å². The van der Waals surface area contributed by atoms with Crippen LogP contribution in [0.15, 0.2) is 0 Å². The molecule has 0 aliphatic heterocycles. The number of carbonyl (C=O) groups is 1. The number of halogens is 2. The second-order valence-electron chi connectivity index (χ2n) is 2.56. The average molecular weight is 265 g/mol. The Labute approximate surface area is 93.5 Å². The van der Waals surface area contributed by atoms with Crippen LogP contribution in [0, 0.1) is 5.92 Å². The van der Waals surface area contributed by atoms with E-state index in [4.69, 9.17) is 27.6 Å². The van der Waals surface area contributed by atoms with Gasteiger partial charge in [-0.15, -0.1) is 0 Å². The number of aliphatic hydroxyl groups is 1. The minimum atomic E-state index is -2.69. The van der Waals surface area contributed by atoms with Gasteiger partial charge in [0.25, 0.3) is 0 Å². The fourth-order valence-electron chi connectivity index (χ4n) is 0.359. The van der Waals surface area contributed by atoms with Gasteiger partial charge in [-0.1, -0.05) is 0 Å². The number of ether oxygens (including phenoxy) is 1. The van der Waals surface area contributed by atoms with E-state index in [1.54, 1.807) is 13.8 Å². The molecule has 7 heteroatoms. The highest BCUT2D eigenvalue weighted by Crippen LogP contribution is 2.52. The molecule has 0 heterocycles. The summed E-state index contributed by atoms with van der Waals surface area (Å²) in [6, 6.07) is 0. The third-order valence-electron chi connectivity index (χ3n) is 0.963. The van der Waals surface area contributed by atoms with Gasteiger partial charge < -0.3 is 9.84 Å². The molecule has 0 aliphatic rings. The van der Waals surface area contributed by atoms with Crippen LogP contribution >= 0.6 is 28.3 Å². The van der Waals surface area contributed by atoms with Crippen LogP contribution in [0.2, 0.25) is 0 Å². The van der Waals surface area contributed by atoms with Gasteiger partial charge in [0, 0.05) is 6.66 Å². The molecule has 1 unspecified atom stereocenters. The Morgan fingerprint density at radius 3 is 2.14 bits per heavy atom. The predicted molar refractivity (Wildman–Crippen MR) is 58.1 cm³/mol. The van der Waals surface area contributed by atoms with Crippen molar-refractivity contribution >= 4 is 34.3 Å². The van der Waals surface area contributed by atoms with Crippen molar-refractivity contribution in [2.75, 3.05) is 19.9 Å². The molecule has 0 amide bonds. The zero-order chi connectivity index (χ0) is 11.8. The molecule has 0 aromatic carbocycles. The van der Waals surface area contributed by atoms with Crippen LogP contribution < -0.4 is 0 Å². The molecule has 0 rings (SSSR count). The van der Waals surface area contributed by atoms with Crippen molar-refractivity contribution in [1.29, 1.82) is 0 Å². The van der Waals surface area contributed by atoms with Crippen LogP contribution in [-0.4, -0.2) is 31.0 Å². The Balaban J connectivity index is 0. The minimum Gasteiger partial charge on any atom is -0.466 e. The maximum Gasteiger partial charge on any atom is 0.310 e. The first-order valence-electron chi connectivity index (χ1n) is 3.96. The number of hydrogen-bond acceptors (Lipinski definition) is 4. The van der Waals surface area contributed by atoms with Crippen molar-refractivity contribution in [3.05, 3.63) is 0 Å². The molecule has 14 heavy (non-hydrogen) atoms. The SMILES string of the molecule is CCOC(=O)C(C)CO.CP(=O)(Cl)Cl. The van der Waals surface area contributed by atoms with E-state index in [2.05, 4.69) is 4.74 Å². The zero-order valence-corrected chi connectivity index (χ0v) is 10.8. The summed E-state index contributed by atoms with van der Waals surface area (Å²) in [5.74, 6) is -3.41. The Hall–Kier alpha value is 0.240. The second-order valence-corrected chi connectivity index (χ2v) is 8.39. The average Bonchev–Trinajstić information content (AvgIpc) is 2.00. The topological polar surface area (TPSA) is 63.6 Å². The molecule has 0 aliphatic carbocycles. The van der Waals surface area contributed by atoms with Crippen LogP contribution in [0.25, 0.3) is 0 Å². The molecule has 4 nitrogen and oxygen atoms in total. The zero-order valence-electron chi connectivity index (χ0n) is 8.37. The predicted octanol–water partition coefficient (Wildman–Crippen LogP) is 2.46. The van der Waals surface area contributed by atoms with Crippen LogP contribution in [0.4, 0.5) is 0 Å². The molecule has 0 saturated heterocycles.